The molecule has 0 unspecified atom stereocenters. The van der Waals surface area contributed by atoms with Gasteiger partial charge in [-0.15, -0.1) is 0 Å². The van der Waals surface area contributed by atoms with Crippen molar-refractivity contribution < 1.29 is 37.0 Å². The van der Waals surface area contributed by atoms with Crippen LogP contribution in [-0.2, 0) is 9.53 Å². The Bertz CT molecular complexity index is 1560. The summed E-state index contributed by atoms with van der Waals surface area (Å²) in [6.45, 7) is 4.59. The zero-order valence-electron chi connectivity index (χ0n) is 21.9. The summed E-state index contributed by atoms with van der Waals surface area (Å²) in [5, 5.41) is 18.9. The van der Waals surface area contributed by atoms with E-state index in [-0.39, 0.29) is 5.91 Å². The monoisotopic (exact) mass is 608 g/mol. The molecule has 1 fully saturated rings. The quantitative estimate of drug-likeness (QED) is 0.259. The highest BCUT2D eigenvalue weighted by atomic mass is 35.5. The van der Waals surface area contributed by atoms with Crippen molar-refractivity contribution in [2.75, 3.05) is 44.7 Å². The van der Waals surface area contributed by atoms with E-state index in [4.69, 9.17) is 26.2 Å². The van der Waals surface area contributed by atoms with Gasteiger partial charge in [0.2, 0.25) is 0 Å². The maximum Gasteiger partial charge on any atom is 0.490 e. The van der Waals surface area contributed by atoms with Crippen molar-refractivity contribution in [3.63, 3.8) is 0 Å². The predicted octanol–water partition coefficient (Wildman–Crippen LogP) is 4.65. The number of aromatic nitrogens is 3. The van der Waals surface area contributed by atoms with E-state index < -0.39 is 18.0 Å². The number of hydrogen-bond donors (Lipinski definition) is 3. The maximum absolute atomic E-state index is 13.3. The smallest absolute Gasteiger partial charge is 0.475 e. The SMILES string of the molecule is O=C(NCCN1CCOCC1)c1ccnc(-n2ncc3cc(Nc4ccc(F)cc4Cl)ccc32)c1.O=C(O)C(F)(F)F. The van der Waals surface area contributed by atoms with E-state index in [2.05, 4.69) is 25.6 Å². The summed E-state index contributed by atoms with van der Waals surface area (Å²) in [7, 11) is 0. The Morgan fingerprint density at radius 1 is 1.07 bits per heavy atom. The zero-order chi connectivity index (χ0) is 30.3. The Labute approximate surface area is 241 Å². The first kappa shape index (κ1) is 30.7. The lowest BCUT2D eigenvalue weighted by atomic mass is 10.2. The second kappa shape index (κ2) is 13.6. The van der Waals surface area contributed by atoms with Crippen LogP contribution in [0.25, 0.3) is 16.7 Å². The van der Waals surface area contributed by atoms with Crippen LogP contribution in [0.2, 0.25) is 5.02 Å². The van der Waals surface area contributed by atoms with Gasteiger partial charge in [0.15, 0.2) is 5.82 Å². The predicted molar refractivity (Wildman–Crippen MR) is 147 cm³/mol. The third-order valence-corrected chi connectivity index (χ3v) is 6.38. The number of carbonyl (C=O) groups is 2. The molecule has 15 heteroatoms. The van der Waals surface area contributed by atoms with Gasteiger partial charge in [-0.05, 0) is 48.5 Å². The second-order valence-electron chi connectivity index (χ2n) is 8.99. The number of halogens is 5. The van der Waals surface area contributed by atoms with Gasteiger partial charge in [-0.2, -0.15) is 18.3 Å². The number of aliphatic carboxylic acids is 1. The van der Waals surface area contributed by atoms with E-state index in [9.17, 15) is 22.4 Å². The average molecular weight is 609 g/mol. The third kappa shape index (κ3) is 8.15. The Morgan fingerprint density at radius 2 is 1.81 bits per heavy atom. The molecule has 1 amide bonds. The summed E-state index contributed by atoms with van der Waals surface area (Å²) in [6, 6.07) is 13.3. The number of carboxylic acids is 1. The maximum atomic E-state index is 13.3. The van der Waals surface area contributed by atoms with Crippen LogP contribution in [-0.4, -0.2) is 82.2 Å². The summed E-state index contributed by atoms with van der Waals surface area (Å²) in [4.78, 5) is 28.3. The molecule has 2 aromatic heterocycles. The fraction of sp³-hybridized carbons (Fsp3) is 0.259. The zero-order valence-corrected chi connectivity index (χ0v) is 22.6. The van der Waals surface area contributed by atoms with E-state index in [1.54, 1.807) is 35.3 Å². The van der Waals surface area contributed by atoms with Crippen molar-refractivity contribution >= 4 is 45.8 Å². The first-order chi connectivity index (χ1) is 20.0. The molecule has 3 N–H and O–H groups in total. The van der Waals surface area contributed by atoms with Crippen LogP contribution in [0.4, 0.5) is 28.9 Å². The van der Waals surface area contributed by atoms with Gasteiger partial charge in [-0.25, -0.2) is 18.9 Å². The van der Waals surface area contributed by atoms with Crippen molar-refractivity contribution in [1.82, 2.24) is 25.0 Å². The molecule has 0 radical (unpaired) electrons. The standard InChI is InChI=1S/C25H24ClFN6O2.C2HF3O2/c26-21-15-19(27)1-3-22(21)31-20-2-4-23-18(13-20)16-30-33(23)24-14-17(5-6-28-24)25(34)29-7-8-32-9-11-35-12-10-32;3-2(4,5)1(6)7/h1-6,13-16,31H,7-12H2,(H,29,34);(H,6,7). The molecule has 3 heterocycles. The summed E-state index contributed by atoms with van der Waals surface area (Å²) in [5.74, 6) is -2.76. The molecular weight excluding hydrogens is 584 g/mol. The van der Waals surface area contributed by atoms with E-state index in [1.165, 1.54) is 12.1 Å². The molecule has 0 saturated carbocycles. The summed E-state index contributed by atoms with van der Waals surface area (Å²) in [5.41, 5.74) is 2.74. The number of rotatable bonds is 7. The van der Waals surface area contributed by atoms with E-state index in [0.717, 1.165) is 49.4 Å². The van der Waals surface area contributed by atoms with Crippen LogP contribution in [0.15, 0.2) is 60.9 Å². The lowest BCUT2D eigenvalue weighted by molar-refractivity contribution is -0.192. The average Bonchev–Trinajstić information content (AvgIpc) is 3.38. The Hall–Kier alpha value is -4.27. The molecule has 222 valence electrons. The number of alkyl halides is 3. The molecule has 1 aliphatic rings. The molecule has 2 aromatic carbocycles. The topological polar surface area (TPSA) is 122 Å². The number of fused-ring (bicyclic) bond motifs is 1. The molecular formula is C27H25ClF4N6O4. The van der Waals surface area contributed by atoms with Crippen LogP contribution in [0.1, 0.15) is 10.4 Å². The number of hydrogen-bond acceptors (Lipinski definition) is 7. The number of ether oxygens (including phenoxy) is 1. The van der Waals surface area contributed by atoms with Gasteiger partial charge in [0.25, 0.3) is 5.91 Å². The second-order valence-corrected chi connectivity index (χ2v) is 9.40. The van der Waals surface area contributed by atoms with Crippen molar-refractivity contribution in [2.45, 2.75) is 6.18 Å². The Kier molecular flexibility index (Phi) is 9.93. The lowest BCUT2D eigenvalue weighted by Gasteiger charge is -2.26. The number of pyridine rings is 1. The summed E-state index contributed by atoms with van der Waals surface area (Å²) < 4.78 is 52.1. The molecule has 0 spiro atoms. The molecule has 4 aromatic rings. The number of benzene rings is 2. The van der Waals surface area contributed by atoms with Gasteiger partial charge >= 0.3 is 12.1 Å². The van der Waals surface area contributed by atoms with Crippen LogP contribution < -0.4 is 10.6 Å². The first-order valence-electron chi connectivity index (χ1n) is 12.6. The molecule has 42 heavy (non-hydrogen) atoms. The fourth-order valence-corrected chi connectivity index (χ4v) is 4.18. The number of nitrogens with zero attached hydrogens (tertiary/aromatic N) is 4. The molecule has 0 aliphatic carbocycles. The minimum Gasteiger partial charge on any atom is -0.475 e. The van der Waals surface area contributed by atoms with Crippen molar-refractivity contribution in [3.8, 4) is 5.82 Å². The molecule has 0 atom stereocenters. The van der Waals surface area contributed by atoms with Gasteiger partial charge in [0, 0.05) is 49.0 Å². The number of carboxylic acid groups (broad SMARTS) is 1. The normalized spacial score (nSPS) is 13.7. The number of amides is 1. The van der Waals surface area contributed by atoms with Crippen LogP contribution in [0.5, 0.6) is 0 Å². The molecule has 1 aliphatic heterocycles. The van der Waals surface area contributed by atoms with Gasteiger partial charge in [0.05, 0.1) is 35.6 Å². The van der Waals surface area contributed by atoms with Gasteiger partial charge in [-0.3, -0.25) is 9.69 Å². The first-order valence-corrected chi connectivity index (χ1v) is 12.9. The summed E-state index contributed by atoms with van der Waals surface area (Å²) in [6.07, 6.45) is -1.75. The highest BCUT2D eigenvalue weighted by molar-refractivity contribution is 6.33. The van der Waals surface area contributed by atoms with E-state index in [1.807, 2.05) is 18.2 Å². The van der Waals surface area contributed by atoms with Crippen LogP contribution in [0.3, 0.4) is 0 Å². The number of nitrogens with one attached hydrogen (secondary N) is 2. The molecule has 10 nitrogen and oxygen atoms in total. The van der Waals surface area contributed by atoms with Gasteiger partial charge in [-0.1, -0.05) is 11.6 Å². The van der Waals surface area contributed by atoms with Crippen molar-refractivity contribution in [1.29, 1.82) is 0 Å². The minimum atomic E-state index is -5.08. The lowest BCUT2D eigenvalue weighted by Crippen LogP contribution is -2.41. The highest BCUT2D eigenvalue weighted by Gasteiger charge is 2.38. The number of carbonyl (C=O) groups excluding carboxylic acids is 1. The molecule has 5 rings (SSSR count). The van der Waals surface area contributed by atoms with Crippen LogP contribution >= 0.6 is 11.6 Å². The molecule has 0 bridgehead atoms. The summed E-state index contributed by atoms with van der Waals surface area (Å²) >= 11 is 6.13. The van der Waals surface area contributed by atoms with Crippen LogP contribution in [0, 0.1) is 5.82 Å². The van der Waals surface area contributed by atoms with E-state index >= 15 is 0 Å². The third-order valence-electron chi connectivity index (χ3n) is 6.06. The van der Waals surface area contributed by atoms with E-state index in [0.29, 0.717) is 28.6 Å². The minimum absolute atomic E-state index is 0.152. The highest BCUT2D eigenvalue weighted by Crippen LogP contribution is 2.28. The van der Waals surface area contributed by atoms with Crippen molar-refractivity contribution in [3.05, 3.63) is 77.3 Å². The molecule has 1 saturated heterocycles. The largest absolute Gasteiger partial charge is 0.490 e. The van der Waals surface area contributed by atoms with Gasteiger partial charge in [0.1, 0.15) is 5.82 Å². The Balaban J connectivity index is 0.000000517. The van der Waals surface area contributed by atoms with Gasteiger partial charge < -0.3 is 20.5 Å². The Morgan fingerprint density at radius 3 is 2.50 bits per heavy atom. The fourth-order valence-electron chi connectivity index (χ4n) is 3.97. The number of morpholine rings is 1. The number of anilines is 2. The van der Waals surface area contributed by atoms with Crippen molar-refractivity contribution in [2.24, 2.45) is 0 Å².